The lowest BCUT2D eigenvalue weighted by molar-refractivity contribution is -0.117. The Morgan fingerprint density at radius 3 is 2.60 bits per heavy atom. The van der Waals surface area contributed by atoms with Gasteiger partial charge in [0.15, 0.2) is 0 Å². The number of amides is 1. The van der Waals surface area contributed by atoms with E-state index in [1.54, 1.807) is 0 Å². The Balaban J connectivity index is 1.97. The molecule has 3 heteroatoms. The first-order valence-corrected chi connectivity index (χ1v) is 6.96. The van der Waals surface area contributed by atoms with Gasteiger partial charge >= 0.3 is 0 Å². The van der Waals surface area contributed by atoms with Crippen molar-refractivity contribution in [2.45, 2.75) is 25.3 Å². The average Bonchev–Trinajstić information content (AvgIpc) is 2.81. The second-order valence-electron chi connectivity index (χ2n) is 5.19. The van der Waals surface area contributed by atoms with Gasteiger partial charge in [0.05, 0.1) is 12.0 Å². The van der Waals surface area contributed by atoms with Gasteiger partial charge in [-0.3, -0.25) is 4.79 Å². The molecular weight excluding hydrogens is 248 g/mol. The van der Waals surface area contributed by atoms with Gasteiger partial charge in [0.25, 0.3) is 0 Å². The highest BCUT2D eigenvalue weighted by Gasteiger charge is 2.29. The lowest BCUT2D eigenvalue weighted by atomic mass is 9.92. The first kappa shape index (κ1) is 12.9. The molecule has 0 aromatic heterocycles. The predicted molar refractivity (Wildman–Crippen MR) is 80.6 cm³/mol. The third kappa shape index (κ3) is 2.10. The molecule has 3 N–H and O–H groups in total. The van der Waals surface area contributed by atoms with Crippen LogP contribution in [-0.2, 0) is 4.79 Å². The van der Waals surface area contributed by atoms with Crippen molar-refractivity contribution in [3.63, 3.8) is 0 Å². The maximum absolute atomic E-state index is 11.9. The maximum atomic E-state index is 11.9. The molecule has 2 aromatic carbocycles. The molecule has 0 aliphatic carbocycles. The lowest BCUT2D eigenvalue weighted by Crippen LogP contribution is -2.12. The lowest BCUT2D eigenvalue weighted by Gasteiger charge is -2.14. The standard InChI is InChI=1S/C17H18N2O/c1-2-13-14-10-12(8-9-15(14)19-17(13)20)16(18)11-6-4-3-5-7-11/h3-10,13,16H,2,18H2,1H3,(H,19,20). The van der Waals surface area contributed by atoms with Crippen molar-refractivity contribution < 1.29 is 4.79 Å². The number of nitrogens with two attached hydrogens (primary N) is 1. The van der Waals surface area contributed by atoms with Gasteiger partial charge in [-0.1, -0.05) is 49.4 Å². The van der Waals surface area contributed by atoms with Gasteiger partial charge in [-0.2, -0.15) is 0 Å². The Kier molecular flexibility index (Phi) is 3.28. The third-order valence-corrected chi connectivity index (χ3v) is 3.95. The molecule has 0 radical (unpaired) electrons. The Morgan fingerprint density at radius 2 is 1.90 bits per heavy atom. The number of carbonyl (C=O) groups excluding carboxylic acids is 1. The molecule has 3 rings (SSSR count). The molecule has 0 saturated heterocycles. The molecule has 102 valence electrons. The summed E-state index contributed by atoms with van der Waals surface area (Å²) in [7, 11) is 0. The molecule has 2 aromatic rings. The third-order valence-electron chi connectivity index (χ3n) is 3.95. The smallest absolute Gasteiger partial charge is 0.231 e. The molecule has 1 aliphatic rings. The van der Waals surface area contributed by atoms with Gasteiger partial charge in [-0.25, -0.2) is 0 Å². The van der Waals surface area contributed by atoms with Crippen LogP contribution in [0.25, 0.3) is 0 Å². The van der Waals surface area contributed by atoms with Crippen LogP contribution < -0.4 is 11.1 Å². The summed E-state index contributed by atoms with van der Waals surface area (Å²) in [6.45, 7) is 2.03. The first-order chi connectivity index (χ1) is 9.70. The minimum Gasteiger partial charge on any atom is -0.325 e. The SMILES string of the molecule is CCC1C(=O)Nc2ccc(C(N)c3ccccc3)cc21. The number of carbonyl (C=O) groups is 1. The molecule has 0 saturated carbocycles. The van der Waals surface area contributed by atoms with Crippen molar-refractivity contribution >= 4 is 11.6 Å². The van der Waals surface area contributed by atoms with Crippen molar-refractivity contribution in [3.05, 3.63) is 65.2 Å². The molecule has 1 heterocycles. The molecule has 2 unspecified atom stereocenters. The maximum Gasteiger partial charge on any atom is 0.231 e. The van der Waals surface area contributed by atoms with E-state index in [1.165, 1.54) is 0 Å². The quantitative estimate of drug-likeness (QED) is 0.896. The Bertz CT molecular complexity index is 637. The number of hydrogen-bond acceptors (Lipinski definition) is 2. The fraction of sp³-hybridized carbons (Fsp3) is 0.235. The van der Waals surface area contributed by atoms with Crippen LogP contribution in [0.5, 0.6) is 0 Å². The molecule has 20 heavy (non-hydrogen) atoms. The summed E-state index contributed by atoms with van der Waals surface area (Å²) in [6, 6.07) is 15.9. The Labute approximate surface area is 118 Å². The van der Waals surface area contributed by atoms with Gasteiger partial charge < -0.3 is 11.1 Å². The number of nitrogens with one attached hydrogen (secondary N) is 1. The number of benzene rings is 2. The molecule has 0 spiro atoms. The number of rotatable bonds is 3. The van der Waals surface area contributed by atoms with E-state index < -0.39 is 0 Å². The van der Waals surface area contributed by atoms with Crippen LogP contribution in [0.15, 0.2) is 48.5 Å². The highest BCUT2D eigenvalue weighted by atomic mass is 16.2. The predicted octanol–water partition coefficient (Wildman–Crippen LogP) is 3.18. The molecule has 1 amide bonds. The number of anilines is 1. The van der Waals surface area contributed by atoms with Crippen molar-refractivity contribution in [2.24, 2.45) is 5.73 Å². The van der Waals surface area contributed by atoms with Gasteiger partial charge in [0.2, 0.25) is 5.91 Å². The average molecular weight is 266 g/mol. The monoisotopic (exact) mass is 266 g/mol. The number of fused-ring (bicyclic) bond motifs is 1. The van der Waals surface area contributed by atoms with E-state index in [0.29, 0.717) is 0 Å². The molecular formula is C17H18N2O. The highest BCUT2D eigenvalue weighted by Crippen LogP contribution is 2.36. The Hall–Kier alpha value is -2.13. The number of hydrogen-bond donors (Lipinski definition) is 2. The van der Waals surface area contributed by atoms with E-state index in [0.717, 1.165) is 28.8 Å². The molecule has 3 nitrogen and oxygen atoms in total. The van der Waals surface area contributed by atoms with Crippen LogP contribution in [0.4, 0.5) is 5.69 Å². The zero-order valence-electron chi connectivity index (χ0n) is 11.5. The zero-order valence-corrected chi connectivity index (χ0v) is 11.5. The highest BCUT2D eigenvalue weighted by molar-refractivity contribution is 6.02. The summed E-state index contributed by atoms with van der Waals surface area (Å²) < 4.78 is 0. The summed E-state index contributed by atoms with van der Waals surface area (Å²) >= 11 is 0. The van der Waals surface area contributed by atoms with Crippen LogP contribution in [0.3, 0.4) is 0 Å². The fourth-order valence-electron chi connectivity index (χ4n) is 2.80. The summed E-state index contributed by atoms with van der Waals surface area (Å²) in [6.07, 6.45) is 0.808. The zero-order chi connectivity index (χ0) is 14.1. The summed E-state index contributed by atoms with van der Waals surface area (Å²) in [5, 5.41) is 2.92. The van der Waals surface area contributed by atoms with Crippen LogP contribution in [0.1, 0.15) is 42.0 Å². The fourth-order valence-corrected chi connectivity index (χ4v) is 2.80. The molecule has 1 aliphatic heterocycles. The van der Waals surface area contributed by atoms with Crippen molar-refractivity contribution in [2.75, 3.05) is 5.32 Å². The van der Waals surface area contributed by atoms with E-state index in [2.05, 4.69) is 11.4 Å². The van der Waals surface area contributed by atoms with E-state index in [9.17, 15) is 4.79 Å². The normalized spacial score (nSPS) is 18.5. The van der Waals surface area contributed by atoms with Crippen LogP contribution in [0, 0.1) is 0 Å². The summed E-state index contributed by atoms with van der Waals surface area (Å²) in [5.74, 6) is 0.0425. The van der Waals surface area contributed by atoms with E-state index in [4.69, 9.17) is 5.73 Å². The Morgan fingerprint density at radius 1 is 1.15 bits per heavy atom. The van der Waals surface area contributed by atoms with Crippen LogP contribution in [0.2, 0.25) is 0 Å². The minimum absolute atomic E-state index is 0.0482. The second kappa shape index (κ2) is 5.10. The van der Waals surface area contributed by atoms with Gasteiger partial charge in [-0.15, -0.1) is 0 Å². The summed E-state index contributed by atoms with van der Waals surface area (Å²) in [5.41, 5.74) is 10.4. The van der Waals surface area contributed by atoms with E-state index in [-0.39, 0.29) is 17.9 Å². The van der Waals surface area contributed by atoms with Crippen molar-refractivity contribution in [3.8, 4) is 0 Å². The largest absolute Gasteiger partial charge is 0.325 e. The van der Waals surface area contributed by atoms with E-state index >= 15 is 0 Å². The second-order valence-corrected chi connectivity index (χ2v) is 5.19. The first-order valence-electron chi connectivity index (χ1n) is 6.96. The topological polar surface area (TPSA) is 55.1 Å². The van der Waals surface area contributed by atoms with E-state index in [1.807, 2.05) is 49.4 Å². The van der Waals surface area contributed by atoms with Gasteiger partial charge in [-0.05, 0) is 29.2 Å². The van der Waals surface area contributed by atoms with Crippen LogP contribution >= 0.6 is 0 Å². The molecule has 0 bridgehead atoms. The minimum atomic E-state index is -0.158. The van der Waals surface area contributed by atoms with Crippen molar-refractivity contribution in [1.82, 2.24) is 0 Å². The summed E-state index contributed by atoms with van der Waals surface area (Å²) in [4.78, 5) is 11.9. The molecule has 0 fully saturated rings. The van der Waals surface area contributed by atoms with Crippen LogP contribution in [-0.4, -0.2) is 5.91 Å². The van der Waals surface area contributed by atoms with Gasteiger partial charge in [0, 0.05) is 5.69 Å². The van der Waals surface area contributed by atoms with Crippen molar-refractivity contribution in [1.29, 1.82) is 0 Å². The van der Waals surface area contributed by atoms with Gasteiger partial charge in [0.1, 0.15) is 0 Å². The molecule has 2 atom stereocenters.